The second kappa shape index (κ2) is 2.90. The maximum atomic E-state index is 11.0. The van der Waals surface area contributed by atoms with E-state index in [-0.39, 0.29) is 5.43 Å². The van der Waals surface area contributed by atoms with E-state index >= 15 is 0 Å². The summed E-state index contributed by atoms with van der Waals surface area (Å²) >= 11 is 0. The van der Waals surface area contributed by atoms with Crippen molar-refractivity contribution >= 4 is 0 Å². The van der Waals surface area contributed by atoms with Gasteiger partial charge in [0.15, 0.2) is 5.43 Å². The van der Waals surface area contributed by atoms with Crippen molar-refractivity contribution in [3.05, 3.63) is 46.8 Å². The lowest BCUT2D eigenvalue weighted by molar-refractivity contribution is 0.930. The van der Waals surface area contributed by atoms with Crippen LogP contribution in [0.15, 0.2) is 35.5 Å². The minimum absolute atomic E-state index is 0.0122. The highest BCUT2D eigenvalue weighted by molar-refractivity contribution is 5.23. The number of nitrogens with one attached hydrogen (secondary N) is 1. The van der Waals surface area contributed by atoms with Crippen molar-refractivity contribution in [1.82, 2.24) is 14.5 Å². The van der Waals surface area contributed by atoms with Crippen molar-refractivity contribution in [2.45, 2.75) is 6.92 Å². The lowest BCUT2D eigenvalue weighted by atomic mass is 10.4. The molecule has 0 atom stereocenters. The van der Waals surface area contributed by atoms with Crippen LogP contribution in [0.4, 0.5) is 0 Å². The third-order valence-corrected chi connectivity index (χ3v) is 1.84. The Morgan fingerprint density at radius 2 is 2.38 bits per heavy atom. The summed E-state index contributed by atoms with van der Waals surface area (Å²) in [6.07, 6.45) is 5.12. The van der Waals surface area contributed by atoms with Gasteiger partial charge in [0.1, 0.15) is 11.6 Å². The zero-order valence-corrected chi connectivity index (χ0v) is 7.19. The number of H-pyrrole nitrogens is 1. The average molecular weight is 175 g/mol. The third-order valence-electron chi connectivity index (χ3n) is 1.84. The lowest BCUT2D eigenvalue weighted by Gasteiger charge is -2.02. The number of hydrogen-bond donors (Lipinski definition) is 1. The van der Waals surface area contributed by atoms with Gasteiger partial charge in [0.05, 0.1) is 0 Å². The first-order valence-electron chi connectivity index (χ1n) is 3.96. The molecule has 4 nitrogen and oxygen atoms in total. The van der Waals surface area contributed by atoms with Crippen molar-refractivity contribution in [2.75, 3.05) is 0 Å². The Balaban J connectivity index is 2.59. The van der Waals surface area contributed by atoms with E-state index < -0.39 is 0 Å². The Labute approximate surface area is 74.9 Å². The van der Waals surface area contributed by atoms with E-state index in [1.807, 2.05) is 11.5 Å². The summed E-state index contributed by atoms with van der Waals surface area (Å²) in [4.78, 5) is 18.1. The normalized spacial score (nSPS) is 10.2. The molecule has 2 aromatic heterocycles. The molecule has 0 aliphatic heterocycles. The number of pyridine rings is 1. The van der Waals surface area contributed by atoms with Crippen LogP contribution in [0.1, 0.15) is 5.82 Å². The van der Waals surface area contributed by atoms with Gasteiger partial charge in [-0.2, -0.15) is 0 Å². The van der Waals surface area contributed by atoms with Gasteiger partial charge in [0.2, 0.25) is 0 Å². The fourth-order valence-corrected chi connectivity index (χ4v) is 1.21. The van der Waals surface area contributed by atoms with Crippen LogP contribution in [-0.2, 0) is 0 Å². The smallest absolute Gasteiger partial charge is 0.183 e. The second-order valence-electron chi connectivity index (χ2n) is 2.75. The second-order valence-corrected chi connectivity index (χ2v) is 2.75. The molecule has 0 aliphatic carbocycles. The first-order chi connectivity index (χ1) is 6.27. The highest BCUT2D eigenvalue weighted by Gasteiger charge is 1.99. The van der Waals surface area contributed by atoms with Crippen LogP contribution >= 0.6 is 0 Å². The van der Waals surface area contributed by atoms with Gasteiger partial charge in [-0.3, -0.25) is 9.36 Å². The van der Waals surface area contributed by atoms with E-state index in [9.17, 15) is 4.79 Å². The summed E-state index contributed by atoms with van der Waals surface area (Å²) < 4.78 is 1.82. The lowest BCUT2D eigenvalue weighted by Crippen LogP contribution is -2.04. The predicted octanol–water partition coefficient (Wildman–Crippen LogP) is 0.869. The topological polar surface area (TPSA) is 50.7 Å². The number of aromatic nitrogens is 3. The summed E-state index contributed by atoms with van der Waals surface area (Å²) in [5, 5.41) is 0. The first-order valence-corrected chi connectivity index (χ1v) is 3.96. The Bertz CT molecular complexity index is 469. The molecular weight excluding hydrogens is 166 g/mol. The minimum Gasteiger partial charge on any atom is -0.348 e. The van der Waals surface area contributed by atoms with Gasteiger partial charge in [-0.15, -0.1) is 0 Å². The number of hydrogen-bond acceptors (Lipinski definition) is 2. The van der Waals surface area contributed by atoms with Crippen LogP contribution < -0.4 is 5.43 Å². The summed E-state index contributed by atoms with van der Waals surface area (Å²) in [6.45, 7) is 1.88. The molecule has 2 heterocycles. The molecule has 4 heteroatoms. The Kier molecular flexibility index (Phi) is 1.73. The quantitative estimate of drug-likeness (QED) is 0.699. The van der Waals surface area contributed by atoms with Gasteiger partial charge in [-0.05, 0) is 6.92 Å². The SMILES string of the molecule is Cc1nccn1-c1cc(=O)cc[nH]1. The molecule has 2 rings (SSSR count). The molecule has 0 saturated heterocycles. The molecule has 1 N–H and O–H groups in total. The molecular formula is C9H9N3O. The van der Waals surface area contributed by atoms with Crippen LogP contribution in [0.3, 0.4) is 0 Å². The maximum absolute atomic E-state index is 11.0. The number of rotatable bonds is 1. The van der Waals surface area contributed by atoms with Gasteiger partial charge >= 0.3 is 0 Å². The first kappa shape index (κ1) is 7.79. The van der Waals surface area contributed by atoms with Crippen LogP contribution in [0.5, 0.6) is 0 Å². The van der Waals surface area contributed by atoms with E-state index in [1.165, 1.54) is 12.1 Å². The van der Waals surface area contributed by atoms with Crippen molar-refractivity contribution in [3.63, 3.8) is 0 Å². The van der Waals surface area contributed by atoms with Gasteiger partial charge < -0.3 is 4.98 Å². The molecule has 0 spiro atoms. The van der Waals surface area contributed by atoms with Crippen molar-refractivity contribution < 1.29 is 0 Å². The van der Waals surface area contributed by atoms with E-state index in [1.54, 1.807) is 18.6 Å². The molecule has 0 aliphatic rings. The van der Waals surface area contributed by atoms with Crippen LogP contribution in [-0.4, -0.2) is 14.5 Å². The summed E-state index contributed by atoms with van der Waals surface area (Å²) in [7, 11) is 0. The number of imidazole rings is 1. The van der Waals surface area contributed by atoms with E-state index in [4.69, 9.17) is 0 Å². The molecule has 0 aromatic carbocycles. The zero-order chi connectivity index (χ0) is 9.26. The summed E-state index contributed by atoms with van der Waals surface area (Å²) in [6, 6.07) is 3.02. The number of aromatic amines is 1. The van der Waals surface area contributed by atoms with Gasteiger partial charge in [0, 0.05) is 30.7 Å². The maximum Gasteiger partial charge on any atom is 0.183 e. The van der Waals surface area contributed by atoms with Gasteiger partial charge in [0.25, 0.3) is 0 Å². The van der Waals surface area contributed by atoms with Crippen molar-refractivity contribution in [1.29, 1.82) is 0 Å². The fraction of sp³-hybridized carbons (Fsp3) is 0.111. The van der Waals surface area contributed by atoms with Gasteiger partial charge in [-0.25, -0.2) is 4.98 Å². The van der Waals surface area contributed by atoms with Crippen LogP contribution in [0.25, 0.3) is 5.82 Å². The average Bonchev–Trinajstić information content (AvgIpc) is 2.51. The van der Waals surface area contributed by atoms with Crippen molar-refractivity contribution in [3.8, 4) is 5.82 Å². The van der Waals surface area contributed by atoms with E-state index in [2.05, 4.69) is 9.97 Å². The monoisotopic (exact) mass is 175 g/mol. The molecule has 66 valence electrons. The summed E-state index contributed by atoms with van der Waals surface area (Å²) in [5.41, 5.74) is -0.0122. The number of aryl methyl sites for hydroxylation is 1. The van der Waals surface area contributed by atoms with E-state index in [0.29, 0.717) is 0 Å². The van der Waals surface area contributed by atoms with Crippen LogP contribution in [0, 0.1) is 6.92 Å². The largest absolute Gasteiger partial charge is 0.348 e. The molecule has 0 amide bonds. The zero-order valence-electron chi connectivity index (χ0n) is 7.19. The predicted molar refractivity (Wildman–Crippen MR) is 48.9 cm³/mol. The molecule has 0 fully saturated rings. The Hall–Kier alpha value is -1.84. The molecule has 13 heavy (non-hydrogen) atoms. The Morgan fingerprint density at radius 1 is 1.54 bits per heavy atom. The minimum atomic E-state index is -0.0122. The molecule has 0 radical (unpaired) electrons. The van der Waals surface area contributed by atoms with Crippen molar-refractivity contribution in [2.24, 2.45) is 0 Å². The summed E-state index contributed by atoms with van der Waals surface area (Å²) in [5.74, 6) is 1.59. The fourth-order valence-electron chi connectivity index (χ4n) is 1.21. The molecule has 2 aromatic rings. The van der Waals surface area contributed by atoms with Crippen LogP contribution in [0.2, 0.25) is 0 Å². The highest BCUT2D eigenvalue weighted by Crippen LogP contribution is 2.03. The van der Waals surface area contributed by atoms with E-state index in [0.717, 1.165) is 11.6 Å². The highest BCUT2D eigenvalue weighted by atomic mass is 16.1. The number of nitrogens with zero attached hydrogens (tertiary/aromatic N) is 2. The van der Waals surface area contributed by atoms with Gasteiger partial charge in [-0.1, -0.05) is 0 Å². The standard InChI is InChI=1S/C9H9N3O/c1-7-10-4-5-12(7)9-6-8(13)2-3-11-9/h2-6H,1H3,(H,11,13). The molecule has 0 unspecified atom stereocenters. The Morgan fingerprint density at radius 3 is 3.00 bits per heavy atom. The molecule has 0 saturated carbocycles. The third kappa shape index (κ3) is 1.38. The molecule has 0 bridgehead atoms.